The van der Waals surface area contributed by atoms with Crippen LogP contribution in [0.15, 0.2) is 36.4 Å². The number of nitrogens with zero attached hydrogens (tertiary/aromatic N) is 6. The molecule has 4 heterocycles. The predicted molar refractivity (Wildman–Crippen MR) is 93.3 cm³/mol. The largest absolute Gasteiger partial charge is 0.243 e. The Kier molecular flexibility index (Phi) is 2.80. The van der Waals surface area contributed by atoms with Gasteiger partial charge in [0.05, 0.1) is 5.52 Å². The van der Waals surface area contributed by atoms with E-state index in [4.69, 9.17) is 23.2 Å². The molecule has 0 saturated heterocycles. The van der Waals surface area contributed by atoms with Gasteiger partial charge in [-0.2, -0.15) is 0 Å². The monoisotopic (exact) mass is 352 g/mol. The molecule has 5 aromatic rings. The van der Waals surface area contributed by atoms with Crippen molar-refractivity contribution in [3.05, 3.63) is 46.7 Å². The minimum Gasteiger partial charge on any atom is -0.228 e. The number of aromatic nitrogens is 6. The van der Waals surface area contributed by atoms with E-state index in [1.54, 1.807) is 0 Å². The van der Waals surface area contributed by atoms with Gasteiger partial charge in [0, 0.05) is 21.2 Å². The summed E-state index contributed by atoms with van der Waals surface area (Å²) in [6.45, 7) is 0. The van der Waals surface area contributed by atoms with Gasteiger partial charge in [0.15, 0.2) is 11.3 Å². The lowest BCUT2D eigenvalue weighted by atomic mass is 10.1. The quantitative estimate of drug-likeness (QED) is 0.392. The second kappa shape index (κ2) is 4.90. The first-order valence-corrected chi connectivity index (χ1v) is 7.79. The average Bonchev–Trinajstić information content (AvgIpc) is 2.56. The number of rotatable bonds is 0. The molecule has 1 aromatic carbocycles. The second-order valence-electron chi connectivity index (χ2n) is 5.32. The fraction of sp³-hybridized carbons (Fsp3) is 0. The molecule has 0 aliphatic heterocycles. The minimum atomic E-state index is 0.0851. The normalized spacial score (nSPS) is 11.8. The Labute approximate surface area is 144 Å². The zero-order chi connectivity index (χ0) is 16.3. The molecular formula is C16H6Cl2N6. The predicted octanol–water partition coefficient (Wildman–Crippen LogP) is 3.98. The van der Waals surface area contributed by atoms with Crippen molar-refractivity contribution in [1.29, 1.82) is 0 Å². The van der Waals surface area contributed by atoms with Gasteiger partial charge in [-0.05, 0) is 41.9 Å². The van der Waals surface area contributed by atoms with Crippen molar-refractivity contribution in [3.8, 4) is 0 Å². The van der Waals surface area contributed by atoms with Crippen LogP contribution < -0.4 is 0 Å². The number of halogens is 2. The summed E-state index contributed by atoms with van der Waals surface area (Å²) >= 11 is 11.8. The third kappa shape index (κ3) is 2.11. The van der Waals surface area contributed by atoms with Crippen LogP contribution >= 0.6 is 23.2 Å². The van der Waals surface area contributed by atoms with Gasteiger partial charge in [-0.15, -0.1) is 10.2 Å². The molecule has 114 valence electrons. The van der Waals surface area contributed by atoms with Crippen LogP contribution in [0.1, 0.15) is 0 Å². The van der Waals surface area contributed by atoms with Crippen LogP contribution in [0.3, 0.4) is 0 Å². The molecule has 0 radical (unpaired) electrons. The zero-order valence-corrected chi connectivity index (χ0v) is 13.4. The molecule has 0 atom stereocenters. The van der Waals surface area contributed by atoms with Crippen LogP contribution in [-0.4, -0.2) is 30.1 Å². The van der Waals surface area contributed by atoms with Gasteiger partial charge >= 0.3 is 0 Å². The molecule has 4 aromatic heterocycles. The van der Waals surface area contributed by atoms with Gasteiger partial charge < -0.3 is 0 Å². The summed E-state index contributed by atoms with van der Waals surface area (Å²) in [6, 6.07) is 11.4. The van der Waals surface area contributed by atoms with Gasteiger partial charge in [-0.3, -0.25) is 0 Å². The molecule has 0 spiro atoms. The van der Waals surface area contributed by atoms with Crippen molar-refractivity contribution in [3.63, 3.8) is 0 Å². The van der Waals surface area contributed by atoms with Gasteiger partial charge in [-0.1, -0.05) is 17.7 Å². The SMILES string of the molecule is Clc1ccc2cc3cc4cc5nc(Cl)nnc5nc4nc3nc2c1. The van der Waals surface area contributed by atoms with Gasteiger partial charge in [0.25, 0.3) is 0 Å². The van der Waals surface area contributed by atoms with E-state index in [0.717, 1.165) is 21.7 Å². The number of hydrogen-bond acceptors (Lipinski definition) is 6. The molecular weight excluding hydrogens is 347 g/mol. The maximum atomic E-state index is 6.04. The highest BCUT2D eigenvalue weighted by Gasteiger charge is 2.09. The lowest BCUT2D eigenvalue weighted by Crippen LogP contribution is -1.95. The first-order chi connectivity index (χ1) is 11.7. The molecule has 0 aliphatic carbocycles. The summed E-state index contributed by atoms with van der Waals surface area (Å²) < 4.78 is 0. The van der Waals surface area contributed by atoms with Crippen LogP contribution in [0.5, 0.6) is 0 Å². The molecule has 8 heteroatoms. The van der Waals surface area contributed by atoms with Crippen LogP contribution in [-0.2, 0) is 0 Å². The third-order valence-electron chi connectivity index (χ3n) is 3.74. The standard InChI is InChI=1S/C16H6Cl2N6/c17-10-2-1-7-3-8-4-9-5-12-15(23-24-16(18)20-12)22-14(9)21-13(8)19-11(7)6-10/h1-6H. The highest BCUT2D eigenvalue weighted by Crippen LogP contribution is 2.25. The Morgan fingerprint density at radius 1 is 0.583 bits per heavy atom. The Balaban J connectivity index is 1.88. The average molecular weight is 353 g/mol. The Bertz CT molecular complexity index is 1190. The Morgan fingerprint density at radius 2 is 1.33 bits per heavy atom. The van der Waals surface area contributed by atoms with Crippen molar-refractivity contribution in [2.24, 2.45) is 0 Å². The number of benzene rings is 1. The van der Waals surface area contributed by atoms with Crippen molar-refractivity contribution < 1.29 is 0 Å². The van der Waals surface area contributed by atoms with Gasteiger partial charge in [0.2, 0.25) is 10.9 Å². The van der Waals surface area contributed by atoms with Crippen LogP contribution in [0.2, 0.25) is 10.3 Å². The second-order valence-corrected chi connectivity index (χ2v) is 6.09. The third-order valence-corrected chi connectivity index (χ3v) is 4.14. The summed E-state index contributed by atoms with van der Waals surface area (Å²) in [5, 5.41) is 11.1. The van der Waals surface area contributed by atoms with Crippen molar-refractivity contribution in [2.75, 3.05) is 0 Å². The lowest BCUT2D eigenvalue weighted by Gasteiger charge is -2.04. The smallest absolute Gasteiger partial charge is 0.228 e. The first kappa shape index (κ1) is 13.7. The van der Waals surface area contributed by atoms with E-state index in [9.17, 15) is 0 Å². The summed E-state index contributed by atoms with van der Waals surface area (Å²) in [7, 11) is 0. The minimum absolute atomic E-state index is 0.0851. The molecule has 0 unspecified atom stereocenters. The molecule has 6 nitrogen and oxygen atoms in total. The highest BCUT2D eigenvalue weighted by molar-refractivity contribution is 6.31. The van der Waals surface area contributed by atoms with Crippen LogP contribution in [0.25, 0.3) is 44.1 Å². The number of pyridine rings is 3. The lowest BCUT2D eigenvalue weighted by molar-refractivity contribution is 1.01. The van der Waals surface area contributed by atoms with Gasteiger partial charge in [0.1, 0.15) is 5.52 Å². The Morgan fingerprint density at radius 3 is 2.25 bits per heavy atom. The maximum absolute atomic E-state index is 6.04. The molecule has 0 aliphatic rings. The molecule has 24 heavy (non-hydrogen) atoms. The fourth-order valence-corrected chi connectivity index (χ4v) is 2.97. The van der Waals surface area contributed by atoms with Crippen LogP contribution in [0, 0.1) is 0 Å². The molecule has 0 saturated carbocycles. The van der Waals surface area contributed by atoms with E-state index in [0.29, 0.717) is 27.5 Å². The topological polar surface area (TPSA) is 77.3 Å². The summed E-state index contributed by atoms with van der Waals surface area (Å²) in [4.78, 5) is 17.6. The van der Waals surface area contributed by atoms with Gasteiger partial charge in [-0.25, -0.2) is 19.9 Å². The van der Waals surface area contributed by atoms with E-state index in [2.05, 4.69) is 30.1 Å². The van der Waals surface area contributed by atoms with E-state index in [1.807, 2.05) is 36.4 Å². The molecule has 0 bridgehead atoms. The maximum Gasteiger partial charge on any atom is 0.243 e. The molecule has 0 amide bonds. The van der Waals surface area contributed by atoms with E-state index in [-0.39, 0.29) is 5.28 Å². The van der Waals surface area contributed by atoms with E-state index in [1.165, 1.54) is 0 Å². The molecule has 0 N–H and O–H groups in total. The van der Waals surface area contributed by atoms with Crippen molar-refractivity contribution >= 4 is 67.3 Å². The number of hydrogen-bond donors (Lipinski definition) is 0. The zero-order valence-electron chi connectivity index (χ0n) is 11.9. The van der Waals surface area contributed by atoms with E-state index >= 15 is 0 Å². The highest BCUT2D eigenvalue weighted by atomic mass is 35.5. The van der Waals surface area contributed by atoms with Crippen molar-refractivity contribution in [2.45, 2.75) is 0 Å². The first-order valence-electron chi connectivity index (χ1n) is 7.03. The summed E-state index contributed by atoms with van der Waals surface area (Å²) in [6.07, 6.45) is 0. The van der Waals surface area contributed by atoms with E-state index < -0.39 is 0 Å². The summed E-state index contributed by atoms with van der Waals surface area (Å²) in [5.41, 5.74) is 2.88. The number of fused-ring (bicyclic) bond motifs is 4. The fourth-order valence-electron chi connectivity index (χ4n) is 2.67. The Hall–Kier alpha value is -2.70. The van der Waals surface area contributed by atoms with Crippen LogP contribution in [0.4, 0.5) is 0 Å². The summed E-state index contributed by atoms with van der Waals surface area (Å²) in [5.74, 6) is 0. The van der Waals surface area contributed by atoms with Crippen molar-refractivity contribution in [1.82, 2.24) is 30.1 Å². The molecule has 5 rings (SSSR count). The molecule has 0 fully saturated rings.